The number of rotatable bonds is 4. The minimum atomic E-state index is -4.73. The standard InChI is InChI=1S/C12H16F3N3O/c1-3-18(4-2)10-7-5-9(6-8-10)16-11(19)17-12(13,14)15/h5-8H,3-4H2,1-2H3,(H2,16,17,19). The third-order valence-electron chi connectivity index (χ3n) is 2.51. The van der Waals surface area contributed by atoms with E-state index in [1.807, 2.05) is 13.8 Å². The summed E-state index contributed by atoms with van der Waals surface area (Å²) >= 11 is 0. The van der Waals surface area contributed by atoms with Gasteiger partial charge < -0.3 is 10.2 Å². The molecule has 0 aliphatic rings. The maximum atomic E-state index is 11.9. The Kier molecular flexibility index (Phi) is 5.02. The highest BCUT2D eigenvalue weighted by molar-refractivity contribution is 5.89. The Bertz CT molecular complexity index is 413. The molecule has 19 heavy (non-hydrogen) atoms. The Morgan fingerprint density at radius 1 is 1.16 bits per heavy atom. The van der Waals surface area contributed by atoms with Gasteiger partial charge in [0.2, 0.25) is 0 Å². The molecule has 2 N–H and O–H groups in total. The lowest BCUT2D eigenvalue weighted by Crippen LogP contribution is -2.40. The van der Waals surface area contributed by atoms with E-state index in [-0.39, 0.29) is 0 Å². The largest absolute Gasteiger partial charge is 0.485 e. The van der Waals surface area contributed by atoms with Gasteiger partial charge in [0, 0.05) is 24.5 Å². The van der Waals surface area contributed by atoms with Gasteiger partial charge in [0.25, 0.3) is 0 Å². The first kappa shape index (κ1) is 15.1. The Morgan fingerprint density at radius 3 is 2.11 bits per heavy atom. The Hall–Kier alpha value is -1.92. The zero-order valence-corrected chi connectivity index (χ0v) is 10.7. The molecule has 0 unspecified atom stereocenters. The number of amides is 2. The van der Waals surface area contributed by atoms with Crippen molar-refractivity contribution in [3.05, 3.63) is 24.3 Å². The first-order valence-electron chi connectivity index (χ1n) is 5.86. The van der Waals surface area contributed by atoms with Gasteiger partial charge in [-0.2, -0.15) is 13.2 Å². The zero-order chi connectivity index (χ0) is 14.5. The van der Waals surface area contributed by atoms with Crippen molar-refractivity contribution in [1.29, 1.82) is 0 Å². The second-order valence-corrected chi connectivity index (χ2v) is 3.80. The fourth-order valence-electron chi connectivity index (χ4n) is 1.64. The number of nitrogens with one attached hydrogen (secondary N) is 2. The summed E-state index contributed by atoms with van der Waals surface area (Å²) in [5.41, 5.74) is 1.25. The predicted octanol–water partition coefficient (Wildman–Crippen LogP) is 3.17. The molecule has 0 radical (unpaired) electrons. The Morgan fingerprint density at radius 2 is 1.68 bits per heavy atom. The maximum absolute atomic E-state index is 11.9. The molecular weight excluding hydrogens is 259 g/mol. The van der Waals surface area contributed by atoms with Crippen LogP contribution < -0.4 is 15.5 Å². The van der Waals surface area contributed by atoms with Gasteiger partial charge in [0.1, 0.15) is 0 Å². The van der Waals surface area contributed by atoms with Crippen LogP contribution in [0.3, 0.4) is 0 Å². The first-order chi connectivity index (χ1) is 8.85. The third kappa shape index (κ3) is 5.07. The van der Waals surface area contributed by atoms with Crippen molar-refractivity contribution < 1.29 is 18.0 Å². The van der Waals surface area contributed by atoms with Crippen LogP contribution in [0, 0.1) is 0 Å². The van der Waals surface area contributed by atoms with Crippen molar-refractivity contribution in [3.8, 4) is 0 Å². The van der Waals surface area contributed by atoms with E-state index in [4.69, 9.17) is 0 Å². The predicted molar refractivity (Wildman–Crippen MR) is 68.2 cm³/mol. The molecule has 0 saturated heterocycles. The van der Waals surface area contributed by atoms with Crippen LogP contribution in [0.1, 0.15) is 13.8 Å². The van der Waals surface area contributed by atoms with Crippen LogP contribution >= 0.6 is 0 Å². The number of carbonyl (C=O) groups is 1. The van der Waals surface area contributed by atoms with Crippen molar-refractivity contribution in [3.63, 3.8) is 0 Å². The van der Waals surface area contributed by atoms with Gasteiger partial charge in [-0.1, -0.05) is 0 Å². The van der Waals surface area contributed by atoms with E-state index in [1.54, 1.807) is 24.3 Å². The lowest BCUT2D eigenvalue weighted by molar-refractivity contribution is -0.144. The van der Waals surface area contributed by atoms with Crippen LogP contribution in [0.5, 0.6) is 0 Å². The molecule has 7 heteroatoms. The van der Waals surface area contributed by atoms with Crippen LogP contribution in [-0.2, 0) is 0 Å². The van der Waals surface area contributed by atoms with Crippen molar-refractivity contribution in [1.82, 2.24) is 5.32 Å². The van der Waals surface area contributed by atoms with Gasteiger partial charge in [-0.15, -0.1) is 0 Å². The number of benzene rings is 1. The molecule has 1 aromatic rings. The van der Waals surface area contributed by atoms with E-state index in [0.717, 1.165) is 24.1 Å². The molecule has 1 rings (SSSR count). The molecule has 0 aliphatic heterocycles. The van der Waals surface area contributed by atoms with E-state index < -0.39 is 12.3 Å². The van der Waals surface area contributed by atoms with E-state index in [1.165, 1.54) is 0 Å². The van der Waals surface area contributed by atoms with Crippen LogP contribution in [0.4, 0.5) is 29.3 Å². The fraction of sp³-hybridized carbons (Fsp3) is 0.417. The Labute approximate surface area is 109 Å². The van der Waals surface area contributed by atoms with Gasteiger partial charge in [0.05, 0.1) is 0 Å². The van der Waals surface area contributed by atoms with E-state index >= 15 is 0 Å². The summed E-state index contributed by atoms with van der Waals surface area (Å²) in [6, 6.07) is 5.31. The van der Waals surface area contributed by atoms with E-state index in [2.05, 4.69) is 10.2 Å². The van der Waals surface area contributed by atoms with Crippen molar-refractivity contribution in [2.75, 3.05) is 23.3 Å². The van der Waals surface area contributed by atoms with Crippen LogP contribution in [0.15, 0.2) is 24.3 Å². The zero-order valence-electron chi connectivity index (χ0n) is 10.7. The summed E-state index contributed by atoms with van der Waals surface area (Å²) in [7, 11) is 0. The number of nitrogens with zero attached hydrogens (tertiary/aromatic N) is 1. The summed E-state index contributed by atoms with van der Waals surface area (Å²) in [5, 5.41) is 2.98. The number of anilines is 2. The quantitative estimate of drug-likeness (QED) is 0.829. The lowest BCUT2D eigenvalue weighted by Gasteiger charge is -2.21. The SMILES string of the molecule is CCN(CC)c1ccc(NC(=O)NC(F)(F)F)cc1. The first-order valence-corrected chi connectivity index (χ1v) is 5.86. The highest BCUT2D eigenvalue weighted by Gasteiger charge is 2.29. The van der Waals surface area contributed by atoms with Crippen LogP contribution in [0.2, 0.25) is 0 Å². The molecule has 0 bridgehead atoms. The Balaban J connectivity index is 2.64. The highest BCUT2D eigenvalue weighted by Crippen LogP contribution is 2.18. The third-order valence-corrected chi connectivity index (χ3v) is 2.51. The van der Waals surface area contributed by atoms with Crippen molar-refractivity contribution in [2.45, 2.75) is 20.1 Å². The van der Waals surface area contributed by atoms with Crippen molar-refractivity contribution >= 4 is 17.4 Å². The van der Waals surface area contributed by atoms with E-state index in [9.17, 15) is 18.0 Å². The number of hydrogen-bond donors (Lipinski definition) is 2. The number of urea groups is 1. The minimum Gasteiger partial charge on any atom is -0.372 e. The molecule has 0 saturated carbocycles. The molecular formula is C12H16F3N3O. The molecule has 0 aliphatic carbocycles. The second kappa shape index (κ2) is 6.31. The number of hydrogen-bond acceptors (Lipinski definition) is 2. The summed E-state index contributed by atoms with van der Waals surface area (Å²) in [6.45, 7) is 5.68. The van der Waals surface area contributed by atoms with Crippen molar-refractivity contribution in [2.24, 2.45) is 0 Å². The molecule has 4 nitrogen and oxygen atoms in total. The van der Waals surface area contributed by atoms with Gasteiger partial charge in [0.15, 0.2) is 0 Å². The molecule has 1 aromatic carbocycles. The molecule has 0 aromatic heterocycles. The monoisotopic (exact) mass is 275 g/mol. The van der Waals surface area contributed by atoms with Gasteiger partial charge in [-0.25, -0.2) is 10.1 Å². The topological polar surface area (TPSA) is 44.4 Å². The smallest absolute Gasteiger partial charge is 0.372 e. The average molecular weight is 275 g/mol. The molecule has 0 atom stereocenters. The average Bonchev–Trinajstić information content (AvgIpc) is 2.30. The molecule has 0 fully saturated rings. The van der Waals surface area contributed by atoms with Gasteiger partial charge >= 0.3 is 12.3 Å². The fourth-order valence-corrected chi connectivity index (χ4v) is 1.64. The van der Waals surface area contributed by atoms with E-state index in [0.29, 0.717) is 5.69 Å². The number of halogens is 3. The number of alkyl halides is 3. The normalized spacial score (nSPS) is 11.0. The second-order valence-electron chi connectivity index (χ2n) is 3.80. The van der Waals surface area contributed by atoms with Gasteiger partial charge in [-0.3, -0.25) is 0 Å². The van der Waals surface area contributed by atoms with Crippen LogP contribution in [0.25, 0.3) is 0 Å². The summed E-state index contributed by atoms with van der Waals surface area (Å²) in [4.78, 5) is 13.1. The maximum Gasteiger partial charge on any atom is 0.485 e. The summed E-state index contributed by atoms with van der Waals surface area (Å²) < 4.78 is 35.7. The van der Waals surface area contributed by atoms with Crippen LogP contribution in [-0.4, -0.2) is 25.4 Å². The lowest BCUT2D eigenvalue weighted by atomic mass is 10.2. The highest BCUT2D eigenvalue weighted by atomic mass is 19.4. The number of carbonyl (C=O) groups excluding carboxylic acids is 1. The summed E-state index contributed by atoms with van der Waals surface area (Å²) in [5.74, 6) is 0. The molecule has 0 heterocycles. The van der Waals surface area contributed by atoms with Gasteiger partial charge in [-0.05, 0) is 38.1 Å². The molecule has 0 spiro atoms. The minimum absolute atomic E-state index is 0.303. The summed E-state index contributed by atoms with van der Waals surface area (Å²) in [6.07, 6.45) is -4.73. The molecule has 2 amide bonds. The molecule has 106 valence electrons.